The Labute approximate surface area is 98.2 Å². The number of benzene rings is 1. The first-order valence-electron chi connectivity index (χ1n) is 5.50. The maximum Gasteiger partial charge on any atom is 0.255 e. The largest absolute Gasteiger partial charge is 0.384 e. The Morgan fingerprint density at radius 2 is 2.35 bits per heavy atom. The van der Waals surface area contributed by atoms with Gasteiger partial charge in [-0.25, -0.2) is 0 Å². The van der Waals surface area contributed by atoms with Gasteiger partial charge in [-0.15, -0.1) is 0 Å². The minimum atomic E-state index is -0.122. The Kier molecular flexibility index (Phi) is 2.29. The molecule has 2 aromatic rings. The molecule has 1 aliphatic rings. The van der Waals surface area contributed by atoms with Gasteiger partial charge in [0.1, 0.15) is 0 Å². The van der Waals surface area contributed by atoms with Crippen LogP contribution in [0.1, 0.15) is 15.9 Å². The standard InChI is InChI=1S/C12H12N4O/c17-12(16-10-6-14-15-7-10)9-2-1-8-3-4-13-11(8)5-9/h1-2,5-7,13H,3-4H2,(H,14,15)(H,16,17). The number of amides is 1. The normalized spacial score (nSPS) is 12.9. The van der Waals surface area contributed by atoms with Gasteiger partial charge < -0.3 is 10.6 Å². The van der Waals surface area contributed by atoms with Crippen LogP contribution < -0.4 is 10.6 Å². The molecular weight excluding hydrogens is 216 g/mol. The van der Waals surface area contributed by atoms with Crippen molar-refractivity contribution in [2.24, 2.45) is 0 Å². The maximum absolute atomic E-state index is 11.9. The van der Waals surface area contributed by atoms with Crippen LogP contribution in [0.2, 0.25) is 0 Å². The molecule has 1 amide bonds. The summed E-state index contributed by atoms with van der Waals surface area (Å²) in [7, 11) is 0. The monoisotopic (exact) mass is 228 g/mol. The third-order valence-corrected chi connectivity index (χ3v) is 2.84. The minimum absolute atomic E-state index is 0.122. The molecule has 1 aliphatic heterocycles. The fourth-order valence-electron chi connectivity index (χ4n) is 1.95. The van der Waals surface area contributed by atoms with Gasteiger partial charge in [-0.3, -0.25) is 9.89 Å². The molecule has 1 aromatic carbocycles. The van der Waals surface area contributed by atoms with Gasteiger partial charge in [-0.1, -0.05) is 6.07 Å². The van der Waals surface area contributed by atoms with Crippen LogP contribution in [0, 0.1) is 0 Å². The molecule has 17 heavy (non-hydrogen) atoms. The second-order valence-electron chi connectivity index (χ2n) is 3.99. The lowest BCUT2D eigenvalue weighted by Gasteiger charge is -2.05. The summed E-state index contributed by atoms with van der Waals surface area (Å²) in [5.41, 5.74) is 3.65. The van der Waals surface area contributed by atoms with Crippen LogP contribution in [0.25, 0.3) is 0 Å². The van der Waals surface area contributed by atoms with Crippen molar-refractivity contribution in [2.45, 2.75) is 6.42 Å². The molecule has 1 aromatic heterocycles. The molecule has 3 N–H and O–H groups in total. The Bertz CT molecular complexity index is 548. The van der Waals surface area contributed by atoms with E-state index >= 15 is 0 Å². The van der Waals surface area contributed by atoms with Crippen molar-refractivity contribution in [2.75, 3.05) is 17.2 Å². The molecular formula is C12H12N4O. The molecule has 0 bridgehead atoms. The minimum Gasteiger partial charge on any atom is -0.384 e. The second kappa shape index (κ2) is 3.93. The molecule has 0 radical (unpaired) electrons. The number of nitrogens with zero attached hydrogens (tertiary/aromatic N) is 1. The van der Waals surface area contributed by atoms with Crippen LogP contribution in [0.3, 0.4) is 0 Å². The molecule has 5 nitrogen and oxygen atoms in total. The summed E-state index contributed by atoms with van der Waals surface area (Å²) < 4.78 is 0. The predicted octanol–water partition coefficient (Wildman–Crippen LogP) is 1.63. The van der Waals surface area contributed by atoms with Gasteiger partial charge >= 0.3 is 0 Å². The first-order valence-corrected chi connectivity index (χ1v) is 5.50. The molecule has 0 saturated carbocycles. The SMILES string of the molecule is O=C(Nc1cn[nH]c1)c1ccc2c(c1)NCC2. The first-order chi connectivity index (χ1) is 8.33. The molecule has 0 fully saturated rings. The van der Waals surface area contributed by atoms with Crippen LogP contribution in [-0.4, -0.2) is 22.6 Å². The number of aromatic nitrogens is 2. The van der Waals surface area contributed by atoms with E-state index in [1.54, 1.807) is 12.4 Å². The number of rotatable bonds is 2. The fourth-order valence-corrected chi connectivity index (χ4v) is 1.95. The van der Waals surface area contributed by atoms with E-state index in [1.807, 2.05) is 18.2 Å². The van der Waals surface area contributed by atoms with Crippen molar-refractivity contribution in [1.82, 2.24) is 10.2 Å². The van der Waals surface area contributed by atoms with Crippen LogP contribution in [-0.2, 0) is 6.42 Å². The molecule has 0 atom stereocenters. The number of hydrogen-bond donors (Lipinski definition) is 3. The average molecular weight is 228 g/mol. The summed E-state index contributed by atoms with van der Waals surface area (Å²) in [5, 5.41) is 12.5. The van der Waals surface area contributed by atoms with Gasteiger partial charge in [-0.2, -0.15) is 5.10 Å². The summed E-state index contributed by atoms with van der Waals surface area (Å²) in [6, 6.07) is 5.73. The molecule has 86 valence electrons. The van der Waals surface area contributed by atoms with Crippen molar-refractivity contribution in [3.63, 3.8) is 0 Å². The summed E-state index contributed by atoms with van der Waals surface area (Å²) in [4.78, 5) is 11.9. The number of carbonyl (C=O) groups excluding carboxylic acids is 1. The number of fused-ring (bicyclic) bond motifs is 1. The second-order valence-corrected chi connectivity index (χ2v) is 3.99. The highest BCUT2D eigenvalue weighted by Crippen LogP contribution is 2.23. The Morgan fingerprint density at radius 3 is 3.18 bits per heavy atom. The predicted molar refractivity (Wildman–Crippen MR) is 65.2 cm³/mol. The van der Waals surface area contributed by atoms with Crippen molar-refractivity contribution in [1.29, 1.82) is 0 Å². The smallest absolute Gasteiger partial charge is 0.255 e. The first kappa shape index (κ1) is 9.89. The number of H-pyrrole nitrogens is 1. The highest BCUT2D eigenvalue weighted by atomic mass is 16.1. The summed E-state index contributed by atoms with van der Waals surface area (Å²) in [6.07, 6.45) is 4.24. The van der Waals surface area contributed by atoms with Gasteiger partial charge in [0.25, 0.3) is 5.91 Å². The Balaban J connectivity index is 1.82. The van der Waals surface area contributed by atoms with E-state index in [9.17, 15) is 4.79 Å². The molecule has 2 heterocycles. The Morgan fingerprint density at radius 1 is 1.41 bits per heavy atom. The lowest BCUT2D eigenvalue weighted by atomic mass is 10.1. The van der Waals surface area contributed by atoms with Crippen LogP contribution in [0.5, 0.6) is 0 Å². The summed E-state index contributed by atoms with van der Waals surface area (Å²) in [6.45, 7) is 0.947. The molecule has 0 spiro atoms. The van der Waals surface area contributed by atoms with E-state index in [0.29, 0.717) is 11.3 Å². The zero-order chi connectivity index (χ0) is 11.7. The molecule has 5 heteroatoms. The van der Waals surface area contributed by atoms with Crippen LogP contribution in [0.4, 0.5) is 11.4 Å². The van der Waals surface area contributed by atoms with Gasteiger partial charge in [-0.05, 0) is 24.1 Å². The molecule has 3 rings (SSSR count). The van der Waals surface area contributed by atoms with Crippen molar-refractivity contribution in [3.8, 4) is 0 Å². The lowest BCUT2D eigenvalue weighted by molar-refractivity contribution is 0.102. The van der Waals surface area contributed by atoms with E-state index < -0.39 is 0 Å². The van der Waals surface area contributed by atoms with Gasteiger partial charge in [0, 0.05) is 24.0 Å². The topological polar surface area (TPSA) is 69.8 Å². The van der Waals surface area contributed by atoms with Crippen molar-refractivity contribution < 1.29 is 4.79 Å². The number of anilines is 2. The number of hydrogen-bond acceptors (Lipinski definition) is 3. The number of aromatic amines is 1. The van der Waals surface area contributed by atoms with Gasteiger partial charge in [0.05, 0.1) is 11.9 Å². The van der Waals surface area contributed by atoms with Crippen molar-refractivity contribution >= 4 is 17.3 Å². The third kappa shape index (κ3) is 1.87. The van der Waals surface area contributed by atoms with Crippen LogP contribution >= 0.6 is 0 Å². The van der Waals surface area contributed by atoms with Gasteiger partial charge in [0.2, 0.25) is 0 Å². The Hall–Kier alpha value is -2.30. The quantitative estimate of drug-likeness (QED) is 0.731. The summed E-state index contributed by atoms with van der Waals surface area (Å²) in [5.74, 6) is -0.122. The van der Waals surface area contributed by atoms with E-state index in [1.165, 1.54) is 5.56 Å². The highest BCUT2D eigenvalue weighted by molar-refractivity contribution is 6.04. The zero-order valence-corrected chi connectivity index (χ0v) is 9.16. The number of nitrogens with one attached hydrogen (secondary N) is 3. The van der Waals surface area contributed by atoms with E-state index in [-0.39, 0.29) is 5.91 Å². The van der Waals surface area contributed by atoms with Gasteiger partial charge in [0.15, 0.2) is 0 Å². The molecule has 0 aliphatic carbocycles. The average Bonchev–Trinajstić information content (AvgIpc) is 2.97. The maximum atomic E-state index is 11.9. The molecule has 0 saturated heterocycles. The zero-order valence-electron chi connectivity index (χ0n) is 9.16. The number of carbonyl (C=O) groups is 1. The van der Waals surface area contributed by atoms with E-state index in [0.717, 1.165) is 18.7 Å². The molecule has 0 unspecified atom stereocenters. The summed E-state index contributed by atoms with van der Waals surface area (Å²) >= 11 is 0. The van der Waals surface area contributed by atoms with Crippen LogP contribution in [0.15, 0.2) is 30.6 Å². The van der Waals surface area contributed by atoms with E-state index in [4.69, 9.17) is 0 Å². The third-order valence-electron chi connectivity index (χ3n) is 2.84. The van der Waals surface area contributed by atoms with E-state index in [2.05, 4.69) is 20.8 Å². The fraction of sp³-hybridized carbons (Fsp3) is 0.167. The lowest BCUT2D eigenvalue weighted by Crippen LogP contribution is -2.11. The highest BCUT2D eigenvalue weighted by Gasteiger charge is 2.13. The van der Waals surface area contributed by atoms with Crippen molar-refractivity contribution in [3.05, 3.63) is 41.7 Å².